The average molecular weight is 631 g/mol. The molecule has 2 aromatic rings. The number of amides is 1. The molecule has 1 fully saturated rings. The number of hydrogen-bond acceptors (Lipinski definition) is 7. The van der Waals surface area contributed by atoms with Crippen LogP contribution < -0.4 is 15.0 Å². The molecular weight excluding hydrogens is 585 g/mol. The largest absolute Gasteiger partial charge is 0.478 e. The van der Waals surface area contributed by atoms with Gasteiger partial charge in [-0.05, 0) is 62.3 Å². The molecule has 0 unspecified atom stereocenters. The molecule has 2 aliphatic rings. The highest BCUT2D eigenvalue weighted by atomic mass is 32.3. The lowest BCUT2D eigenvalue weighted by molar-refractivity contribution is -0.131. The zero-order valence-corrected chi connectivity index (χ0v) is 27.1. The molecule has 43 heavy (non-hydrogen) atoms. The number of thioether (sulfide) groups is 1. The van der Waals surface area contributed by atoms with E-state index in [1.807, 2.05) is 36.6 Å². The maximum atomic E-state index is 12.8. The van der Waals surface area contributed by atoms with Gasteiger partial charge in [0, 0.05) is 41.1 Å². The van der Waals surface area contributed by atoms with Gasteiger partial charge in [-0.25, -0.2) is 4.79 Å². The number of nitrogens with zero attached hydrogens (tertiary/aromatic N) is 1. The third-order valence-electron chi connectivity index (χ3n) is 8.59. The van der Waals surface area contributed by atoms with Gasteiger partial charge in [0.2, 0.25) is 5.91 Å². The summed E-state index contributed by atoms with van der Waals surface area (Å²) in [5, 5.41) is 12.1. The lowest BCUT2D eigenvalue weighted by Gasteiger charge is -2.42. The van der Waals surface area contributed by atoms with Gasteiger partial charge in [0.1, 0.15) is 5.75 Å². The predicted octanol–water partition coefficient (Wildman–Crippen LogP) is 9.14. The predicted molar refractivity (Wildman–Crippen MR) is 177 cm³/mol. The normalized spacial score (nSPS) is 18.7. The number of rotatable bonds is 13. The first-order chi connectivity index (χ1) is 20.6. The molecule has 1 aliphatic carbocycles. The molecule has 1 aliphatic heterocycles. The number of aliphatic carboxylic acids is 1. The fourth-order valence-corrected chi connectivity index (χ4v) is 9.04. The Labute approximate surface area is 261 Å². The maximum Gasteiger partial charge on any atom is 0.331 e. The number of benzene rings is 2. The molecule has 0 spiro atoms. The molecule has 0 aromatic heterocycles. The topological polar surface area (TPSA) is 119 Å². The van der Waals surface area contributed by atoms with Gasteiger partial charge in [0.05, 0.1) is 27.8 Å². The Hall–Kier alpha value is -2.66. The van der Waals surface area contributed by atoms with Gasteiger partial charge >= 0.3 is 5.97 Å². The van der Waals surface area contributed by atoms with Crippen molar-refractivity contribution in [2.75, 3.05) is 28.8 Å². The molecule has 1 heterocycles. The summed E-state index contributed by atoms with van der Waals surface area (Å²) in [6.45, 7) is 4.94. The number of hydrogen-bond donors (Lipinski definition) is 4. The van der Waals surface area contributed by atoms with Gasteiger partial charge in [-0.15, -0.1) is 11.8 Å². The number of carboxylic acids is 1. The third-order valence-corrected chi connectivity index (χ3v) is 11.4. The number of carbonyl (C=O) groups excluding carboxylic acids is 1. The highest BCUT2D eigenvalue weighted by molar-refractivity contribution is 8.24. The third kappa shape index (κ3) is 8.29. The Morgan fingerprint density at radius 2 is 1.74 bits per heavy atom. The van der Waals surface area contributed by atoms with Crippen molar-refractivity contribution in [1.29, 1.82) is 0 Å². The molecule has 4 N–H and O–H groups in total. The van der Waals surface area contributed by atoms with Crippen molar-refractivity contribution in [1.82, 2.24) is 0 Å². The van der Waals surface area contributed by atoms with Crippen LogP contribution in [0.3, 0.4) is 0 Å². The molecule has 0 saturated heterocycles. The number of nitrogens with one attached hydrogen (secondary N) is 1. The van der Waals surface area contributed by atoms with Crippen LogP contribution in [0.2, 0.25) is 0 Å². The van der Waals surface area contributed by atoms with E-state index in [4.69, 9.17) is 9.84 Å². The molecule has 0 bridgehead atoms. The van der Waals surface area contributed by atoms with Crippen molar-refractivity contribution in [2.45, 2.75) is 87.8 Å². The SMILES string of the molecule is CCCCC1(CCCC)CN(c2ccc(NC(=O)C3CCCC3)cc2)c2cc(SC)c(O/C=C/C(=O)O)cc2S(O)(O)C1. The molecule has 236 valence electrons. The van der Waals surface area contributed by atoms with Gasteiger partial charge in [-0.3, -0.25) is 13.9 Å². The standard InChI is InChI=1S/C33H46N2O6S2/c1-4-6-17-33(18-7-5-2)22-35(26-14-12-25(13-15-26)34-32(38)24-10-8-9-11-24)27-20-29(42-3)28(41-19-16-31(36)37)21-30(27)43(39,40)23-33/h12-16,19-21,24,39-40H,4-11,17-18,22-23H2,1-3H3,(H,34,38)(H,36,37)/b19-16+. The molecule has 2 aromatic carbocycles. The molecular formula is C33H46N2O6S2. The second-order valence-corrected chi connectivity index (χ2v) is 14.8. The van der Waals surface area contributed by atoms with E-state index in [1.165, 1.54) is 11.8 Å². The Kier molecular flexibility index (Phi) is 11.5. The molecule has 0 radical (unpaired) electrons. The Morgan fingerprint density at radius 3 is 2.33 bits per heavy atom. The van der Waals surface area contributed by atoms with Crippen LogP contribution in [0, 0.1) is 11.3 Å². The minimum absolute atomic E-state index is 0.0755. The number of ether oxygens (including phenoxy) is 1. The highest BCUT2D eigenvalue weighted by Gasteiger charge is 2.42. The monoisotopic (exact) mass is 630 g/mol. The Bertz CT molecular complexity index is 1280. The zero-order valence-electron chi connectivity index (χ0n) is 25.5. The summed E-state index contributed by atoms with van der Waals surface area (Å²) in [4.78, 5) is 27.1. The zero-order chi connectivity index (χ0) is 31.0. The summed E-state index contributed by atoms with van der Waals surface area (Å²) < 4.78 is 29.4. The number of carbonyl (C=O) groups is 2. The minimum Gasteiger partial charge on any atom is -0.478 e. The van der Waals surface area contributed by atoms with E-state index in [-0.39, 0.29) is 23.0 Å². The van der Waals surface area contributed by atoms with Crippen molar-refractivity contribution in [2.24, 2.45) is 11.3 Å². The van der Waals surface area contributed by atoms with Crippen LogP contribution in [0.25, 0.3) is 0 Å². The van der Waals surface area contributed by atoms with Crippen LogP contribution >= 0.6 is 22.4 Å². The van der Waals surface area contributed by atoms with Crippen molar-refractivity contribution in [3.63, 3.8) is 0 Å². The maximum absolute atomic E-state index is 12.8. The van der Waals surface area contributed by atoms with Crippen molar-refractivity contribution >= 4 is 51.3 Å². The van der Waals surface area contributed by atoms with Crippen LogP contribution in [-0.4, -0.2) is 44.6 Å². The van der Waals surface area contributed by atoms with E-state index in [9.17, 15) is 18.7 Å². The quantitative estimate of drug-likeness (QED) is 0.0983. The second kappa shape index (κ2) is 14.9. The number of unbranched alkanes of at least 4 members (excludes halogenated alkanes) is 2. The Morgan fingerprint density at radius 1 is 1.09 bits per heavy atom. The highest BCUT2D eigenvalue weighted by Crippen LogP contribution is 2.62. The number of carboxylic acid groups (broad SMARTS) is 1. The van der Waals surface area contributed by atoms with Gasteiger partial charge in [0.15, 0.2) is 0 Å². The van der Waals surface area contributed by atoms with E-state index in [0.29, 0.717) is 22.9 Å². The first-order valence-electron chi connectivity index (χ1n) is 15.3. The van der Waals surface area contributed by atoms with Gasteiger partial charge in [-0.1, -0.05) is 52.4 Å². The molecule has 1 amide bonds. The van der Waals surface area contributed by atoms with Crippen molar-refractivity contribution in [3.8, 4) is 5.75 Å². The molecule has 0 atom stereocenters. The van der Waals surface area contributed by atoms with E-state index >= 15 is 0 Å². The van der Waals surface area contributed by atoms with Crippen LogP contribution in [-0.2, 0) is 9.59 Å². The summed E-state index contributed by atoms with van der Waals surface area (Å²) >= 11 is 1.45. The fourth-order valence-electron chi connectivity index (χ4n) is 6.31. The van der Waals surface area contributed by atoms with E-state index < -0.39 is 16.6 Å². The molecule has 1 saturated carbocycles. The van der Waals surface area contributed by atoms with Crippen LogP contribution in [0.5, 0.6) is 5.75 Å². The Balaban J connectivity index is 1.79. The van der Waals surface area contributed by atoms with Crippen LogP contribution in [0.15, 0.2) is 58.5 Å². The van der Waals surface area contributed by atoms with Crippen molar-refractivity contribution < 1.29 is 28.5 Å². The number of anilines is 3. The molecule has 4 rings (SSSR count). The smallest absolute Gasteiger partial charge is 0.331 e. The molecule has 8 nitrogen and oxygen atoms in total. The first kappa shape index (κ1) is 33.2. The lowest BCUT2D eigenvalue weighted by atomic mass is 9.79. The first-order valence-corrected chi connectivity index (χ1v) is 18.3. The summed E-state index contributed by atoms with van der Waals surface area (Å²) in [5.41, 5.74) is 2.03. The van der Waals surface area contributed by atoms with Crippen molar-refractivity contribution in [3.05, 3.63) is 48.7 Å². The molecule has 10 heteroatoms. The van der Waals surface area contributed by atoms with E-state index in [1.54, 1.807) is 6.07 Å². The lowest BCUT2D eigenvalue weighted by Crippen LogP contribution is -2.37. The summed E-state index contributed by atoms with van der Waals surface area (Å²) in [7, 11) is -3.24. The van der Waals surface area contributed by atoms with E-state index in [0.717, 1.165) is 92.8 Å². The number of fused-ring (bicyclic) bond motifs is 1. The summed E-state index contributed by atoms with van der Waals surface area (Å²) in [6, 6.07) is 11.4. The van der Waals surface area contributed by atoms with Crippen LogP contribution in [0.1, 0.15) is 78.1 Å². The summed E-state index contributed by atoms with van der Waals surface area (Å²) in [5.74, 6) is -0.348. The fraction of sp³-hybridized carbons (Fsp3) is 0.515. The van der Waals surface area contributed by atoms with Crippen LogP contribution in [0.4, 0.5) is 17.1 Å². The van der Waals surface area contributed by atoms with Gasteiger partial charge in [-0.2, -0.15) is 10.6 Å². The van der Waals surface area contributed by atoms with Gasteiger partial charge < -0.3 is 20.1 Å². The second-order valence-electron chi connectivity index (χ2n) is 11.9. The van der Waals surface area contributed by atoms with Gasteiger partial charge in [0.25, 0.3) is 0 Å². The average Bonchev–Trinajstić information content (AvgIpc) is 3.50. The van der Waals surface area contributed by atoms with E-state index in [2.05, 4.69) is 24.1 Å². The summed E-state index contributed by atoms with van der Waals surface area (Å²) in [6.07, 6.45) is 13.7. The minimum atomic E-state index is -3.24.